The van der Waals surface area contributed by atoms with E-state index in [1.165, 1.54) is 30.5 Å². The number of ether oxygens (including phenoxy) is 1. The Hall–Kier alpha value is -5.02. The van der Waals surface area contributed by atoms with Crippen LogP contribution in [0.3, 0.4) is 0 Å². The fraction of sp³-hybridized carbons (Fsp3) is 0.300. The first-order valence-corrected chi connectivity index (χ1v) is 13.6. The first kappa shape index (κ1) is 28.5. The largest absolute Gasteiger partial charge is 0.437 e. The number of nitrogens with one attached hydrogen (secondary N) is 2. The Morgan fingerprint density at radius 2 is 1.83 bits per heavy atom. The van der Waals surface area contributed by atoms with E-state index >= 15 is 0 Å². The first-order valence-electron chi connectivity index (χ1n) is 13.6. The Morgan fingerprint density at radius 3 is 2.50 bits per heavy atom. The van der Waals surface area contributed by atoms with Gasteiger partial charge in [-0.1, -0.05) is 32.9 Å². The van der Waals surface area contributed by atoms with Crippen molar-refractivity contribution in [2.24, 2.45) is 0 Å². The zero-order chi connectivity index (χ0) is 29.9. The second kappa shape index (κ2) is 11.8. The average molecular weight is 570 g/mol. The number of carbonyl (C=O) groups is 1. The third-order valence-electron chi connectivity index (χ3n) is 6.86. The van der Waals surface area contributed by atoms with Crippen molar-refractivity contribution in [1.82, 2.24) is 24.6 Å². The number of benzene rings is 2. The maximum absolute atomic E-state index is 14.9. The maximum Gasteiger partial charge on any atom is 0.324 e. The standard InChI is InChI=1S/C30H32FN9O2/c1-30(2,3)25-15-26(40(38-25)20-8-6-19(7-9-20)17-39-12-4-5-13-39)37-29(41)36-24-11-10-21(14-23(24)31)42-28-22(16-32)27(33)34-18-35-28/h6-11,14-15,18H,4-5,12-13,17H2,1-3H3,(H2,33,34,35)(H2,36,37,41). The molecule has 4 N–H and O–H groups in total. The molecule has 1 aliphatic rings. The quantitative estimate of drug-likeness (QED) is 0.261. The highest BCUT2D eigenvalue weighted by atomic mass is 19.1. The number of nitrogen functional groups attached to an aromatic ring is 1. The Balaban J connectivity index is 1.31. The van der Waals surface area contributed by atoms with Crippen molar-refractivity contribution in [3.63, 3.8) is 0 Å². The van der Waals surface area contributed by atoms with Crippen molar-refractivity contribution in [2.45, 2.75) is 45.6 Å². The summed E-state index contributed by atoms with van der Waals surface area (Å²) in [4.78, 5) is 23.0. The van der Waals surface area contributed by atoms with Gasteiger partial charge < -0.3 is 15.8 Å². The molecule has 5 rings (SSSR count). The Kier molecular flexibility index (Phi) is 8.04. The lowest BCUT2D eigenvalue weighted by atomic mass is 9.92. The number of hydrogen-bond donors (Lipinski definition) is 3. The summed E-state index contributed by atoms with van der Waals surface area (Å²) in [5, 5.41) is 19.4. The molecule has 0 unspecified atom stereocenters. The molecule has 1 fully saturated rings. The van der Waals surface area contributed by atoms with Crippen LogP contribution in [0.4, 0.5) is 26.5 Å². The van der Waals surface area contributed by atoms with E-state index in [1.807, 2.05) is 45.0 Å². The van der Waals surface area contributed by atoms with Gasteiger partial charge in [0.05, 0.1) is 17.1 Å². The van der Waals surface area contributed by atoms with Crippen molar-refractivity contribution < 1.29 is 13.9 Å². The van der Waals surface area contributed by atoms with E-state index in [0.29, 0.717) is 5.82 Å². The van der Waals surface area contributed by atoms with Crippen LogP contribution in [-0.4, -0.2) is 43.8 Å². The van der Waals surface area contributed by atoms with Crippen molar-refractivity contribution in [1.29, 1.82) is 5.26 Å². The number of nitrogens with zero attached hydrogens (tertiary/aromatic N) is 6. The summed E-state index contributed by atoms with van der Waals surface area (Å²) in [6, 6.07) is 15.0. The molecule has 0 spiro atoms. The SMILES string of the molecule is CC(C)(C)c1cc(NC(=O)Nc2ccc(Oc3ncnc(N)c3C#N)cc2F)n(-c2ccc(CN3CCCC3)cc2)n1. The van der Waals surface area contributed by atoms with Crippen LogP contribution < -0.4 is 21.1 Å². The molecular weight excluding hydrogens is 537 g/mol. The monoisotopic (exact) mass is 569 g/mol. The fourth-order valence-corrected chi connectivity index (χ4v) is 4.58. The van der Waals surface area contributed by atoms with Gasteiger partial charge >= 0.3 is 6.03 Å². The number of rotatable bonds is 7. The van der Waals surface area contributed by atoms with E-state index in [0.717, 1.165) is 43.4 Å². The van der Waals surface area contributed by atoms with Gasteiger partial charge in [-0.2, -0.15) is 10.4 Å². The van der Waals surface area contributed by atoms with Crippen LogP contribution in [-0.2, 0) is 12.0 Å². The van der Waals surface area contributed by atoms with Crippen LogP contribution >= 0.6 is 0 Å². The number of anilines is 3. The molecule has 12 heteroatoms. The highest BCUT2D eigenvalue weighted by Gasteiger charge is 2.22. The molecule has 0 aliphatic carbocycles. The lowest BCUT2D eigenvalue weighted by Gasteiger charge is -2.15. The molecule has 42 heavy (non-hydrogen) atoms. The van der Waals surface area contributed by atoms with Gasteiger partial charge in [0.2, 0.25) is 5.88 Å². The van der Waals surface area contributed by atoms with E-state index in [2.05, 4.69) is 37.6 Å². The molecule has 11 nitrogen and oxygen atoms in total. The molecule has 4 aromatic rings. The van der Waals surface area contributed by atoms with Crippen LogP contribution in [0, 0.1) is 17.1 Å². The van der Waals surface area contributed by atoms with Crippen LogP contribution in [0.15, 0.2) is 54.9 Å². The minimum absolute atomic E-state index is 0.0511. The average Bonchev–Trinajstić information content (AvgIpc) is 3.61. The van der Waals surface area contributed by atoms with E-state index in [1.54, 1.807) is 4.68 Å². The van der Waals surface area contributed by atoms with Crippen LogP contribution in [0.5, 0.6) is 11.6 Å². The third-order valence-corrected chi connectivity index (χ3v) is 6.86. The van der Waals surface area contributed by atoms with Gasteiger partial charge in [-0.25, -0.2) is 23.8 Å². The fourth-order valence-electron chi connectivity index (χ4n) is 4.58. The molecule has 2 aromatic carbocycles. The molecule has 0 saturated carbocycles. The number of carbonyl (C=O) groups excluding carboxylic acids is 1. The number of amides is 2. The predicted octanol–water partition coefficient (Wildman–Crippen LogP) is 5.58. The van der Waals surface area contributed by atoms with Crippen molar-refractivity contribution in [3.8, 4) is 23.4 Å². The normalized spacial score (nSPS) is 13.5. The van der Waals surface area contributed by atoms with Gasteiger partial charge in [-0.15, -0.1) is 0 Å². The number of nitriles is 1. The lowest BCUT2D eigenvalue weighted by molar-refractivity contribution is 0.262. The molecular formula is C30H32FN9O2. The molecule has 2 amide bonds. The van der Waals surface area contributed by atoms with Gasteiger partial charge in [0.25, 0.3) is 0 Å². The highest BCUT2D eigenvalue weighted by Crippen LogP contribution is 2.29. The van der Waals surface area contributed by atoms with Gasteiger partial charge in [-0.3, -0.25) is 10.2 Å². The number of halogens is 1. The number of nitrogens with two attached hydrogens (primary N) is 1. The first-order chi connectivity index (χ1) is 20.1. The highest BCUT2D eigenvalue weighted by molar-refractivity contribution is 5.99. The number of hydrogen-bond acceptors (Lipinski definition) is 8. The van der Waals surface area contributed by atoms with Crippen LogP contribution in [0.2, 0.25) is 0 Å². The molecule has 2 aromatic heterocycles. The minimum Gasteiger partial charge on any atom is -0.437 e. The Morgan fingerprint density at radius 1 is 1.10 bits per heavy atom. The molecule has 216 valence electrons. The summed E-state index contributed by atoms with van der Waals surface area (Å²) in [7, 11) is 0. The van der Waals surface area contributed by atoms with E-state index in [9.17, 15) is 14.4 Å². The number of urea groups is 1. The summed E-state index contributed by atoms with van der Waals surface area (Å²) in [6.45, 7) is 9.26. The van der Waals surface area contributed by atoms with Gasteiger partial charge in [0.15, 0.2) is 5.56 Å². The van der Waals surface area contributed by atoms with Gasteiger partial charge in [0.1, 0.15) is 35.6 Å². The predicted molar refractivity (Wildman–Crippen MR) is 157 cm³/mol. The second-order valence-corrected chi connectivity index (χ2v) is 11.1. The second-order valence-electron chi connectivity index (χ2n) is 11.1. The minimum atomic E-state index is -0.749. The smallest absolute Gasteiger partial charge is 0.324 e. The molecule has 1 saturated heterocycles. The summed E-state index contributed by atoms with van der Waals surface area (Å²) < 4.78 is 22.1. The Bertz CT molecular complexity index is 1630. The van der Waals surface area contributed by atoms with Crippen LogP contribution in [0.25, 0.3) is 5.69 Å². The lowest BCUT2D eigenvalue weighted by Crippen LogP contribution is -2.22. The van der Waals surface area contributed by atoms with E-state index in [-0.39, 0.29) is 34.1 Å². The third kappa shape index (κ3) is 6.47. The zero-order valence-corrected chi connectivity index (χ0v) is 23.7. The molecule has 0 radical (unpaired) electrons. The molecule has 3 heterocycles. The summed E-state index contributed by atoms with van der Waals surface area (Å²) in [5.74, 6) is -0.398. The van der Waals surface area contributed by atoms with Crippen molar-refractivity contribution in [3.05, 3.63) is 77.5 Å². The van der Waals surface area contributed by atoms with Gasteiger partial charge in [-0.05, 0) is 55.8 Å². The summed E-state index contributed by atoms with van der Waals surface area (Å²) in [5.41, 5.74) is 8.06. The summed E-state index contributed by atoms with van der Waals surface area (Å²) in [6.07, 6.45) is 3.62. The van der Waals surface area contributed by atoms with E-state index < -0.39 is 11.8 Å². The molecule has 0 bridgehead atoms. The van der Waals surface area contributed by atoms with Crippen molar-refractivity contribution in [2.75, 3.05) is 29.5 Å². The molecule has 1 aliphatic heterocycles. The van der Waals surface area contributed by atoms with E-state index in [4.69, 9.17) is 15.6 Å². The zero-order valence-electron chi connectivity index (χ0n) is 23.7. The van der Waals surface area contributed by atoms with Gasteiger partial charge in [0, 0.05) is 24.1 Å². The Labute approximate surface area is 243 Å². The summed E-state index contributed by atoms with van der Waals surface area (Å²) >= 11 is 0. The maximum atomic E-state index is 14.9. The number of aromatic nitrogens is 4. The van der Waals surface area contributed by atoms with Crippen LogP contribution in [0.1, 0.15) is 50.4 Å². The molecule has 0 atom stereocenters. The number of likely N-dealkylation sites (tertiary alicyclic amines) is 1. The topological polar surface area (TPSA) is 147 Å². The van der Waals surface area contributed by atoms with Crippen molar-refractivity contribution >= 4 is 23.4 Å².